The molecule has 34 heavy (non-hydrogen) atoms. The molecule has 0 unspecified atom stereocenters. The largest absolute Gasteiger partial charge is 0.467 e. The number of carbonyl (C=O) groups is 1. The summed E-state index contributed by atoms with van der Waals surface area (Å²) in [5, 5.41) is 11.0. The van der Waals surface area contributed by atoms with Crippen molar-refractivity contribution in [1.82, 2.24) is 19.8 Å². The van der Waals surface area contributed by atoms with Crippen LogP contribution in [0.1, 0.15) is 50.5 Å². The lowest BCUT2D eigenvalue weighted by atomic mass is 9.67. The number of anilines is 1. The quantitative estimate of drug-likeness (QED) is 0.704. The van der Waals surface area contributed by atoms with E-state index in [0.717, 1.165) is 44.9 Å². The van der Waals surface area contributed by atoms with Crippen molar-refractivity contribution in [2.24, 2.45) is 0 Å². The minimum atomic E-state index is -0.773. The molecule has 0 bridgehead atoms. The third-order valence-corrected chi connectivity index (χ3v) is 8.51. The molecule has 1 aliphatic heterocycles. The maximum Gasteiger partial charge on any atom is 0.325 e. The van der Waals surface area contributed by atoms with Crippen LogP contribution in [0, 0.1) is 0 Å². The second-order valence-electron chi connectivity index (χ2n) is 10.5. The third kappa shape index (κ3) is 3.73. The van der Waals surface area contributed by atoms with Gasteiger partial charge >= 0.3 is 12.0 Å². The van der Waals surface area contributed by atoms with Gasteiger partial charge in [-0.15, -0.1) is 0 Å². The molecule has 1 N–H and O–H groups in total. The first-order valence-electron chi connectivity index (χ1n) is 12.2. The van der Waals surface area contributed by atoms with E-state index in [4.69, 9.17) is 4.74 Å². The molecule has 3 aliphatic rings. The van der Waals surface area contributed by atoms with Crippen LogP contribution in [-0.4, -0.2) is 76.3 Å². The summed E-state index contributed by atoms with van der Waals surface area (Å²) < 4.78 is 5.09. The minimum absolute atomic E-state index is 0.0637. The van der Waals surface area contributed by atoms with E-state index in [-0.39, 0.29) is 23.1 Å². The zero-order valence-corrected chi connectivity index (χ0v) is 20.4. The van der Waals surface area contributed by atoms with Crippen LogP contribution in [-0.2, 0) is 5.54 Å². The lowest BCUT2D eigenvalue weighted by Crippen LogP contribution is -2.59. The van der Waals surface area contributed by atoms with Gasteiger partial charge < -0.3 is 14.7 Å². The average molecular weight is 466 g/mol. The zero-order valence-electron chi connectivity index (χ0n) is 20.4. The molecule has 0 radical (unpaired) electrons. The molecule has 1 saturated heterocycles. The van der Waals surface area contributed by atoms with E-state index in [2.05, 4.69) is 59.3 Å². The van der Waals surface area contributed by atoms with E-state index in [1.165, 1.54) is 12.7 Å². The standard InChI is InChI=1S/C26H35N5O3/c1-29(2)26(20-8-5-4-6-9-20)14-12-24(13-15-26)18-30(21-16-27-22(34-3)28-17-21)23(32)31(24)19-25(33)10-7-11-25/h4-6,8-9,16-17,33H,7,10-15,18-19H2,1-3H3/t24-,26-. The number of methoxy groups -OCH3 is 1. The number of ether oxygens (including phenoxy) is 1. The number of urea groups is 1. The van der Waals surface area contributed by atoms with Gasteiger partial charge in [-0.3, -0.25) is 9.80 Å². The van der Waals surface area contributed by atoms with E-state index in [1.807, 2.05) is 4.90 Å². The number of carbonyl (C=O) groups excluding carboxylic acids is 1. The fourth-order valence-corrected chi connectivity index (χ4v) is 6.12. The van der Waals surface area contributed by atoms with Crippen LogP contribution in [0.25, 0.3) is 0 Å². The molecule has 2 saturated carbocycles. The molecular formula is C26H35N5O3. The Balaban J connectivity index is 1.46. The Labute approximate surface area is 201 Å². The highest BCUT2D eigenvalue weighted by Gasteiger charge is 2.56. The van der Waals surface area contributed by atoms with Gasteiger partial charge in [0, 0.05) is 5.54 Å². The second-order valence-corrected chi connectivity index (χ2v) is 10.5. The summed E-state index contributed by atoms with van der Waals surface area (Å²) in [7, 11) is 5.83. The SMILES string of the molecule is COc1ncc(N2C[C@]3(CC[C@@](c4ccccc4)(N(C)C)CC3)N(CC3(O)CCC3)C2=O)cn1. The Morgan fingerprint density at radius 1 is 1.03 bits per heavy atom. The molecular weight excluding hydrogens is 430 g/mol. The van der Waals surface area contributed by atoms with Crippen LogP contribution in [0.4, 0.5) is 10.5 Å². The van der Waals surface area contributed by atoms with Crippen LogP contribution in [0.15, 0.2) is 42.7 Å². The van der Waals surface area contributed by atoms with E-state index >= 15 is 0 Å². The van der Waals surface area contributed by atoms with E-state index in [1.54, 1.807) is 17.3 Å². The fraction of sp³-hybridized carbons (Fsp3) is 0.577. The van der Waals surface area contributed by atoms with Gasteiger partial charge in [0.25, 0.3) is 0 Å². The van der Waals surface area contributed by atoms with Gasteiger partial charge in [0.2, 0.25) is 0 Å². The number of nitrogens with zero attached hydrogens (tertiary/aromatic N) is 5. The van der Waals surface area contributed by atoms with Crippen LogP contribution in [0.2, 0.25) is 0 Å². The summed E-state index contributed by atoms with van der Waals surface area (Å²) in [6.07, 6.45) is 9.45. The summed E-state index contributed by atoms with van der Waals surface area (Å²) in [5.74, 6) is 0. The number of aromatic nitrogens is 2. The molecule has 5 rings (SSSR count). The van der Waals surface area contributed by atoms with Crippen molar-refractivity contribution < 1.29 is 14.6 Å². The van der Waals surface area contributed by atoms with Crippen molar-refractivity contribution in [3.8, 4) is 6.01 Å². The molecule has 2 heterocycles. The predicted molar refractivity (Wildman–Crippen MR) is 130 cm³/mol. The number of β-amino-alcohol motifs (C(OH)–C–C–N with tert-alkyl or cyclic N) is 1. The topological polar surface area (TPSA) is 82.0 Å². The number of hydrogen-bond donors (Lipinski definition) is 1. The molecule has 2 aromatic rings. The minimum Gasteiger partial charge on any atom is -0.467 e. The number of aliphatic hydroxyl groups is 1. The Bertz CT molecular complexity index is 1010. The first kappa shape index (κ1) is 23.1. The van der Waals surface area contributed by atoms with Crippen LogP contribution in [0.5, 0.6) is 6.01 Å². The monoisotopic (exact) mass is 465 g/mol. The van der Waals surface area contributed by atoms with Gasteiger partial charge in [-0.25, -0.2) is 14.8 Å². The van der Waals surface area contributed by atoms with Gasteiger partial charge in [0.15, 0.2) is 0 Å². The Morgan fingerprint density at radius 3 is 2.21 bits per heavy atom. The van der Waals surface area contributed by atoms with Crippen molar-refractivity contribution in [3.05, 3.63) is 48.3 Å². The average Bonchev–Trinajstić information content (AvgIpc) is 3.10. The Kier molecular flexibility index (Phi) is 5.76. The van der Waals surface area contributed by atoms with Crippen LogP contribution < -0.4 is 9.64 Å². The molecule has 0 atom stereocenters. The van der Waals surface area contributed by atoms with Crippen molar-refractivity contribution >= 4 is 11.7 Å². The van der Waals surface area contributed by atoms with Crippen LogP contribution in [0.3, 0.4) is 0 Å². The van der Waals surface area contributed by atoms with E-state index in [0.29, 0.717) is 18.8 Å². The number of rotatable bonds is 6. The lowest BCUT2D eigenvalue weighted by molar-refractivity contribution is -0.0725. The summed E-state index contributed by atoms with van der Waals surface area (Å²) in [6, 6.07) is 10.9. The Morgan fingerprint density at radius 2 is 1.68 bits per heavy atom. The first-order chi connectivity index (χ1) is 16.3. The van der Waals surface area contributed by atoms with Crippen molar-refractivity contribution in [2.45, 2.75) is 61.6 Å². The lowest BCUT2D eigenvalue weighted by Gasteiger charge is -2.52. The highest BCUT2D eigenvalue weighted by atomic mass is 16.5. The second kappa shape index (κ2) is 8.50. The summed E-state index contributed by atoms with van der Waals surface area (Å²) >= 11 is 0. The Hall–Kier alpha value is -2.71. The highest BCUT2D eigenvalue weighted by Crippen LogP contribution is 2.50. The molecule has 8 nitrogen and oxygen atoms in total. The van der Waals surface area contributed by atoms with Gasteiger partial charge in [-0.1, -0.05) is 30.3 Å². The summed E-state index contributed by atoms with van der Waals surface area (Å²) in [4.78, 5) is 28.3. The van der Waals surface area contributed by atoms with Gasteiger partial charge in [0.1, 0.15) is 0 Å². The van der Waals surface area contributed by atoms with Crippen molar-refractivity contribution in [3.63, 3.8) is 0 Å². The van der Waals surface area contributed by atoms with Crippen LogP contribution >= 0.6 is 0 Å². The van der Waals surface area contributed by atoms with Crippen molar-refractivity contribution in [1.29, 1.82) is 0 Å². The van der Waals surface area contributed by atoms with Gasteiger partial charge in [0.05, 0.1) is 49.4 Å². The van der Waals surface area contributed by atoms with Gasteiger partial charge in [-0.2, -0.15) is 0 Å². The molecule has 1 aromatic carbocycles. The smallest absolute Gasteiger partial charge is 0.325 e. The molecule has 2 amide bonds. The first-order valence-corrected chi connectivity index (χ1v) is 12.2. The molecule has 1 aromatic heterocycles. The summed E-state index contributed by atoms with van der Waals surface area (Å²) in [6.45, 7) is 0.968. The van der Waals surface area contributed by atoms with E-state index in [9.17, 15) is 9.90 Å². The van der Waals surface area contributed by atoms with E-state index < -0.39 is 5.60 Å². The zero-order chi connectivity index (χ0) is 24.0. The molecule has 3 fully saturated rings. The fourth-order valence-electron chi connectivity index (χ4n) is 6.12. The van der Waals surface area contributed by atoms with Crippen molar-refractivity contribution in [2.75, 3.05) is 39.2 Å². The number of hydrogen-bond acceptors (Lipinski definition) is 6. The molecule has 182 valence electrons. The maximum atomic E-state index is 13.8. The maximum absolute atomic E-state index is 13.8. The molecule has 2 aliphatic carbocycles. The van der Waals surface area contributed by atoms with Gasteiger partial charge in [-0.05, 0) is 64.6 Å². The predicted octanol–water partition coefficient (Wildman–Crippen LogP) is 3.41. The number of benzene rings is 1. The molecule has 8 heteroatoms. The molecule has 1 spiro atoms. The normalized spacial score (nSPS) is 28.4. The number of amides is 2. The third-order valence-electron chi connectivity index (χ3n) is 8.51. The highest BCUT2D eigenvalue weighted by molar-refractivity contribution is 5.95. The summed E-state index contributed by atoms with van der Waals surface area (Å²) in [5.41, 5.74) is 0.830.